The van der Waals surface area contributed by atoms with E-state index in [1.165, 1.54) is 11.0 Å². The van der Waals surface area contributed by atoms with Gasteiger partial charge in [0.05, 0.1) is 10.3 Å². The topological polar surface area (TPSA) is 83.8 Å². The monoisotopic (exact) mass is 363 g/mol. The van der Waals surface area contributed by atoms with E-state index in [9.17, 15) is 19.7 Å². The summed E-state index contributed by atoms with van der Waals surface area (Å²) in [5.41, 5.74) is 0.732. The zero-order chi connectivity index (χ0) is 19.3. The summed E-state index contributed by atoms with van der Waals surface area (Å²) in [4.78, 5) is 40.1. The maximum Gasteiger partial charge on any atom is 0.277 e. The molecule has 0 N–H and O–H groups in total. The second-order valence-corrected chi connectivity index (χ2v) is 6.85. The van der Waals surface area contributed by atoms with Crippen molar-refractivity contribution in [2.24, 2.45) is 0 Å². The summed E-state index contributed by atoms with van der Waals surface area (Å²) < 4.78 is 0. The second-order valence-electron chi connectivity index (χ2n) is 6.85. The average molecular weight is 363 g/mol. The molecule has 1 aliphatic rings. The number of imide groups is 1. The number of nitro benzene ring substituents is 1. The number of carbonyl (C=O) groups excluding carboxylic acids is 2. The Labute approximate surface area is 154 Å². The Morgan fingerprint density at radius 1 is 0.963 bits per heavy atom. The first-order chi connectivity index (χ1) is 12.9. The van der Waals surface area contributed by atoms with Crippen LogP contribution < -0.4 is 0 Å². The molecule has 0 atom stereocenters. The van der Waals surface area contributed by atoms with Crippen molar-refractivity contribution in [2.75, 3.05) is 27.2 Å². The van der Waals surface area contributed by atoms with E-state index >= 15 is 0 Å². The number of hydrogen-bond acceptors (Lipinski definition) is 5. The van der Waals surface area contributed by atoms with Crippen LogP contribution in [0, 0.1) is 10.1 Å². The molecule has 0 bridgehead atoms. The number of nitrogens with zero attached hydrogens (tertiary/aromatic N) is 3. The summed E-state index contributed by atoms with van der Waals surface area (Å²) in [7, 11) is 3.73. The van der Waals surface area contributed by atoms with Gasteiger partial charge in [-0.25, -0.2) is 0 Å². The molecule has 3 aromatic carbocycles. The summed E-state index contributed by atoms with van der Waals surface area (Å²) in [5, 5.41) is 13.8. The molecule has 0 fully saturated rings. The van der Waals surface area contributed by atoms with Crippen molar-refractivity contribution in [3.8, 4) is 0 Å². The van der Waals surface area contributed by atoms with Gasteiger partial charge in [-0.15, -0.1) is 0 Å². The molecule has 0 spiro atoms. The third-order valence-corrected chi connectivity index (χ3v) is 4.91. The second kappa shape index (κ2) is 6.14. The Morgan fingerprint density at radius 3 is 2.33 bits per heavy atom. The van der Waals surface area contributed by atoms with E-state index < -0.39 is 10.8 Å². The van der Waals surface area contributed by atoms with E-state index in [2.05, 4.69) is 0 Å². The SMILES string of the molecule is CN(C)CCN1C(=O)c2cccc3c2c(cc2c([N+](=O)[O-])cccc23)C1=O. The molecule has 0 saturated carbocycles. The van der Waals surface area contributed by atoms with Gasteiger partial charge in [0.25, 0.3) is 17.5 Å². The first-order valence-corrected chi connectivity index (χ1v) is 8.54. The maximum atomic E-state index is 13.1. The molecule has 0 aromatic heterocycles. The van der Waals surface area contributed by atoms with Crippen molar-refractivity contribution in [1.29, 1.82) is 0 Å². The highest BCUT2D eigenvalue weighted by atomic mass is 16.6. The van der Waals surface area contributed by atoms with Crippen LogP contribution in [0.4, 0.5) is 5.69 Å². The number of rotatable bonds is 4. The fourth-order valence-corrected chi connectivity index (χ4v) is 3.62. The standard InChI is InChI=1S/C20H17N3O4/c1-21(2)9-10-22-19(24)14-7-3-6-13-12-5-4-8-17(23(26)27)15(12)11-16(18(13)14)20(22)25/h3-8,11H,9-10H2,1-2H3. The summed E-state index contributed by atoms with van der Waals surface area (Å²) in [6, 6.07) is 11.6. The van der Waals surface area contributed by atoms with Gasteiger partial charge in [-0.3, -0.25) is 24.6 Å². The number of hydrogen-bond donors (Lipinski definition) is 0. The quantitative estimate of drug-likeness (QED) is 0.308. The first-order valence-electron chi connectivity index (χ1n) is 8.54. The molecule has 0 saturated heterocycles. The van der Waals surface area contributed by atoms with Crippen LogP contribution in [0.5, 0.6) is 0 Å². The Kier molecular flexibility index (Phi) is 3.89. The van der Waals surface area contributed by atoms with Crippen molar-refractivity contribution in [3.05, 3.63) is 63.7 Å². The van der Waals surface area contributed by atoms with Crippen LogP contribution in [0.15, 0.2) is 42.5 Å². The lowest BCUT2D eigenvalue weighted by atomic mass is 9.89. The van der Waals surface area contributed by atoms with E-state index in [0.717, 1.165) is 0 Å². The number of amides is 2. The third-order valence-electron chi connectivity index (χ3n) is 4.91. The largest absolute Gasteiger partial charge is 0.308 e. The van der Waals surface area contributed by atoms with E-state index in [1.54, 1.807) is 36.4 Å². The third kappa shape index (κ3) is 2.55. The Balaban J connectivity index is 2.03. The first kappa shape index (κ1) is 17.1. The van der Waals surface area contributed by atoms with Crippen LogP contribution in [0.25, 0.3) is 21.5 Å². The molecule has 3 aromatic rings. The number of benzene rings is 3. The van der Waals surface area contributed by atoms with Crippen LogP contribution in [-0.2, 0) is 0 Å². The van der Waals surface area contributed by atoms with E-state index in [-0.39, 0.29) is 18.1 Å². The Bertz CT molecular complexity index is 1140. The number of likely N-dealkylation sites (N-methyl/N-ethyl adjacent to an activating group) is 1. The molecule has 27 heavy (non-hydrogen) atoms. The Hall–Kier alpha value is -3.32. The number of fused-ring (bicyclic) bond motifs is 2. The molecule has 1 aliphatic heterocycles. The lowest BCUT2D eigenvalue weighted by molar-refractivity contribution is -0.383. The van der Waals surface area contributed by atoms with Crippen LogP contribution in [-0.4, -0.2) is 53.7 Å². The molecule has 0 unspecified atom stereocenters. The molecule has 4 rings (SSSR count). The molecule has 136 valence electrons. The smallest absolute Gasteiger partial charge is 0.277 e. The van der Waals surface area contributed by atoms with Crippen molar-refractivity contribution in [2.45, 2.75) is 0 Å². The normalized spacial score (nSPS) is 13.8. The van der Waals surface area contributed by atoms with Gasteiger partial charge >= 0.3 is 0 Å². The van der Waals surface area contributed by atoms with E-state index in [0.29, 0.717) is 39.2 Å². The molecule has 7 heteroatoms. The molecule has 2 amide bonds. The Morgan fingerprint density at radius 2 is 1.63 bits per heavy atom. The average Bonchev–Trinajstić information content (AvgIpc) is 2.64. The van der Waals surface area contributed by atoms with E-state index in [4.69, 9.17) is 0 Å². The van der Waals surface area contributed by atoms with Gasteiger partial charge in [0, 0.05) is 35.7 Å². The minimum Gasteiger partial charge on any atom is -0.308 e. The summed E-state index contributed by atoms with van der Waals surface area (Å²) in [6.45, 7) is 0.798. The summed E-state index contributed by atoms with van der Waals surface area (Å²) in [6.07, 6.45) is 0. The fourth-order valence-electron chi connectivity index (χ4n) is 3.62. The zero-order valence-corrected chi connectivity index (χ0v) is 14.9. The molecule has 1 heterocycles. The number of non-ortho nitro benzene ring substituents is 1. The highest BCUT2D eigenvalue weighted by Crippen LogP contribution is 2.38. The minimum absolute atomic E-state index is 0.0550. The highest BCUT2D eigenvalue weighted by Gasteiger charge is 2.34. The van der Waals surface area contributed by atoms with Gasteiger partial charge in [-0.1, -0.05) is 24.3 Å². The molecule has 7 nitrogen and oxygen atoms in total. The van der Waals surface area contributed by atoms with Gasteiger partial charge in [-0.05, 0) is 37.0 Å². The number of nitro groups is 1. The number of carbonyl (C=O) groups is 2. The van der Waals surface area contributed by atoms with Crippen LogP contribution in [0.2, 0.25) is 0 Å². The molecule has 0 aliphatic carbocycles. The molecular weight excluding hydrogens is 346 g/mol. The summed E-state index contributed by atoms with van der Waals surface area (Å²) in [5.74, 6) is -0.740. The van der Waals surface area contributed by atoms with Crippen LogP contribution >= 0.6 is 0 Å². The highest BCUT2D eigenvalue weighted by molar-refractivity contribution is 6.29. The predicted octanol–water partition coefficient (Wildman–Crippen LogP) is 3.06. The molecular formula is C20H17N3O4. The van der Waals surface area contributed by atoms with Crippen molar-refractivity contribution in [3.63, 3.8) is 0 Å². The van der Waals surface area contributed by atoms with Crippen molar-refractivity contribution >= 4 is 39.0 Å². The van der Waals surface area contributed by atoms with Gasteiger partial charge < -0.3 is 4.90 Å². The van der Waals surface area contributed by atoms with Crippen LogP contribution in [0.1, 0.15) is 20.7 Å². The van der Waals surface area contributed by atoms with Crippen molar-refractivity contribution < 1.29 is 14.5 Å². The van der Waals surface area contributed by atoms with Gasteiger partial charge in [-0.2, -0.15) is 0 Å². The van der Waals surface area contributed by atoms with Crippen LogP contribution in [0.3, 0.4) is 0 Å². The zero-order valence-electron chi connectivity index (χ0n) is 14.9. The minimum atomic E-state index is -0.451. The van der Waals surface area contributed by atoms with E-state index in [1.807, 2.05) is 19.0 Å². The predicted molar refractivity (Wildman–Crippen MR) is 102 cm³/mol. The lowest BCUT2D eigenvalue weighted by Gasteiger charge is -2.28. The van der Waals surface area contributed by atoms with Gasteiger partial charge in [0.1, 0.15) is 0 Å². The van der Waals surface area contributed by atoms with Gasteiger partial charge in [0.15, 0.2) is 0 Å². The maximum absolute atomic E-state index is 13.1. The fraction of sp³-hybridized carbons (Fsp3) is 0.200. The van der Waals surface area contributed by atoms with Crippen molar-refractivity contribution in [1.82, 2.24) is 9.80 Å². The lowest BCUT2D eigenvalue weighted by Crippen LogP contribution is -2.43. The van der Waals surface area contributed by atoms with Gasteiger partial charge in [0.2, 0.25) is 0 Å². The summed E-state index contributed by atoms with van der Waals surface area (Å²) >= 11 is 0. The molecule has 0 radical (unpaired) electrons.